The molecule has 2 heterocycles. The van der Waals surface area contributed by atoms with Crippen LogP contribution in [0.2, 0.25) is 0 Å². The molecule has 188 valence electrons. The van der Waals surface area contributed by atoms with Gasteiger partial charge in [-0.15, -0.1) is 0 Å². The van der Waals surface area contributed by atoms with Gasteiger partial charge in [0.2, 0.25) is 0 Å². The number of aromatic nitrogens is 1. The molecule has 0 amide bonds. The highest BCUT2D eigenvalue weighted by Gasteiger charge is 2.51. The molecule has 1 aromatic heterocycles. The molecule has 1 aliphatic heterocycles. The first-order chi connectivity index (χ1) is 17.6. The van der Waals surface area contributed by atoms with Crippen molar-refractivity contribution in [3.05, 3.63) is 84.2 Å². The number of fused-ring (bicyclic) bond motifs is 1. The number of nitrogens with one attached hydrogen (secondary N) is 2. The van der Waals surface area contributed by atoms with Gasteiger partial charge in [0, 0.05) is 30.2 Å². The minimum atomic E-state index is 0.0743. The van der Waals surface area contributed by atoms with E-state index in [4.69, 9.17) is 21.7 Å². The summed E-state index contributed by atoms with van der Waals surface area (Å²) < 4.78 is 11.2. The molecule has 6 nitrogen and oxygen atoms in total. The van der Waals surface area contributed by atoms with Gasteiger partial charge in [-0.05, 0) is 79.8 Å². The number of rotatable bonds is 7. The van der Waals surface area contributed by atoms with E-state index in [9.17, 15) is 0 Å². The summed E-state index contributed by atoms with van der Waals surface area (Å²) in [5.74, 6) is 1.57. The van der Waals surface area contributed by atoms with Crippen molar-refractivity contribution < 1.29 is 9.47 Å². The van der Waals surface area contributed by atoms with E-state index in [-0.39, 0.29) is 5.41 Å². The maximum Gasteiger partial charge on any atom is 0.171 e. The molecule has 0 bridgehead atoms. The lowest BCUT2D eigenvalue weighted by atomic mass is 9.65. The van der Waals surface area contributed by atoms with Gasteiger partial charge in [0.05, 0.1) is 26.1 Å². The van der Waals surface area contributed by atoms with Crippen molar-refractivity contribution in [2.75, 3.05) is 26.1 Å². The second-order valence-electron chi connectivity index (χ2n) is 9.76. The van der Waals surface area contributed by atoms with Crippen molar-refractivity contribution >= 4 is 23.0 Å². The minimum absolute atomic E-state index is 0.0743. The molecule has 1 saturated heterocycles. The monoisotopic (exact) mass is 502 g/mol. The number of ether oxygens (including phenoxy) is 2. The minimum Gasteiger partial charge on any atom is -0.493 e. The maximum absolute atomic E-state index is 5.68. The number of hydrogen-bond donors (Lipinski definition) is 2. The molecule has 2 aromatic carbocycles. The molecule has 7 heteroatoms. The summed E-state index contributed by atoms with van der Waals surface area (Å²) in [6.45, 7) is 2.02. The zero-order valence-electron chi connectivity index (χ0n) is 20.9. The lowest BCUT2D eigenvalue weighted by Crippen LogP contribution is -2.52. The summed E-state index contributed by atoms with van der Waals surface area (Å²) >= 11 is 5.66. The van der Waals surface area contributed by atoms with Crippen LogP contribution in [-0.2, 0) is 12.0 Å². The molecule has 0 unspecified atom stereocenters. The lowest BCUT2D eigenvalue weighted by molar-refractivity contribution is 0.134. The van der Waals surface area contributed by atoms with Crippen LogP contribution in [0.3, 0.4) is 0 Å². The van der Waals surface area contributed by atoms with Gasteiger partial charge in [0.15, 0.2) is 16.6 Å². The van der Waals surface area contributed by atoms with E-state index in [1.165, 1.54) is 11.1 Å². The zero-order valence-corrected chi connectivity index (χ0v) is 21.8. The highest BCUT2D eigenvalue weighted by molar-refractivity contribution is 7.80. The van der Waals surface area contributed by atoms with E-state index in [0.717, 1.165) is 56.0 Å². The summed E-state index contributed by atoms with van der Waals surface area (Å²) in [5.41, 5.74) is 3.67. The van der Waals surface area contributed by atoms with Crippen LogP contribution in [0.15, 0.2) is 73.1 Å². The fourth-order valence-corrected chi connectivity index (χ4v) is 6.34. The van der Waals surface area contributed by atoms with Crippen molar-refractivity contribution in [3.63, 3.8) is 0 Å². The predicted octanol–water partition coefficient (Wildman–Crippen LogP) is 5.15. The normalized spacial score (nSPS) is 23.5. The van der Waals surface area contributed by atoms with Crippen molar-refractivity contribution in [3.8, 4) is 11.5 Å². The van der Waals surface area contributed by atoms with E-state index in [0.29, 0.717) is 17.2 Å². The van der Waals surface area contributed by atoms with Crippen molar-refractivity contribution in [1.82, 2.24) is 15.2 Å². The van der Waals surface area contributed by atoms with Gasteiger partial charge in [-0.1, -0.05) is 36.4 Å². The summed E-state index contributed by atoms with van der Waals surface area (Å²) in [6, 6.07) is 21.8. The van der Waals surface area contributed by atoms with E-state index in [1.807, 2.05) is 12.1 Å². The fraction of sp³-hybridized carbons (Fsp3) is 0.379. The third-order valence-corrected chi connectivity index (χ3v) is 8.03. The molecule has 2 aliphatic rings. The van der Waals surface area contributed by atoms with Crippen LogP contribution in [0.25, 0.3) is 0 Å². The topological polar surface area (TPSA) is 58.7 Å². The third-order valence-electron chi connectivity index (χ3n) is 7.81. The predicted molar refractivity (Wildman–Crippen MR) is 148 cm³/mol. The van der Waals surface area contributed by atoms with Crippen LogP contribution in [-0.4, -0.2) is 47.8 Å². The highest BCUT2D eigenvalue weighted by atomic mass is 32.1. The second kappa shape index (κ2) is 10.8. The number of pyridine rings is 1. The van der Waals surface area contributed by atoms with Gasteiger partial charge in [0.1, 0.15) is 0 Å². The average molecular weight is 503 g/mol. The SMILES string of the molecule is COc1ccc([C@@]23CC[C@H](NC(=S)Nc4cccnc4)C[C@H]2N(Cc2ccccc2)CC3)cc1OC. The van der Waals surface area contributed by atoms with Gasteiger partial charge in [-0.2, -0.15) is 0 Å². The number of methoxy groups -OCH3 is 2. The van der Waals surface area contributed by atoms with Gasteiger partial charge in [-0.3, -0.25) is 9.88 Å². The van der Waals surface area contributed by atoms with Crippen molar-refractivity contribution in [2.24, 2.45) is 0 Å². The largest absolute Gasteiger partial charge is 0.493 e. The van der Waals surface area contributed by atoms with Gasteiger partial charge >= 0.3 is 0 Å². The van der Waals surface area contributed by atoms with Crippen LogP contribution in [0.5, 0.6) is 11.5 Å². The van der Waals surface area contributed by atoms with E-state index in [1.54, 1.807) is 26.6 Å². The highest BCUT2D eigenvalue weighted by Crippen LogP contribution is 2.50. The van der Waals surface area contributed by atoms with Crippen molar-refractivity contribution in [1.29, 1.82) is 0 Å². The number of hydrogen-bond acceptors (Lipinski definition) is 5. The Hall–Kier alpha value is -3.16. The number of thiocarbonyl (C=S) groups is 1. The van der Waals surface area contributed by atoms with Gasteiger partial charge in [0.25, 0.3) is 0 Å². The standard InChI is InChI=1S/C29H34N4O2S/c1-34-25-11-10-22(17-26(25)35-2)29-13-12-23(31-28(36)32-24-9-6-15-30-19-24)18-27(29)33(16-14-29)20-21-7-4-3-5-8-21/h3-11,15,17,19,23,27H,12-14,16,18,20H2,1-2H3,(H2,31,32,36)/t23-,27+,29-/m0/s1. The quantitative estimate of drug-likeness (QED) is 0.433. The Labute approximate surface area is 219 Å². The Balaban J connectivity index is 1.39. The second-order valence-corrected chi connectivity index (χ2v) is 10.2. The zero-order chi connectivity index (χ0) is 25.0. The van der Waals surface area contributed by atoms with Crippen LogP contribution in [0.4, 0.5) is 5.69 Å². The molecule has 2 N–H and O–H groups in total. The molecule has 0 radical (unpaired) electrons. The number of anilines is 1. The van der Waals surface area contributed by atoms with E-state index >= 15 is 0 Å². The maximum atomic E-state index is 5.68. The Bertz CT molecular complexity index is 1180. The Kier molecular flexibility index (Phi) is 7.39. The molecule has 1 saturated carbocycles. The molecule has 36 heavy (non-hydrogen) atoms. The van der Waals surface area contributed by atoms with Crippen molar-refractivity contribution in [2.45, 2.75) is 49.7 Å². The molecular weight excluding hydrogens is 468 g/mol. The average Bonchev–Trinajstić information content (AvgIpc) is 3.28. The van der Waals surface area contributed by atoms with Crippen LogP contribution in [0, 0.1) is 0 Å². The number of likely N-dealkylation sites (tertiary alicyclic amines) is 1. The lowest BCUT2D eigenvalue weighted by Gasteiger charge is -2.46. The molecule has 3 atom stereocenters. The Morgan fingerprint density at radius 2 is 1.89 bits per heavy atom. The van der Waals surface area contributed by atoms with E-state index in [2.05, 4.69) is 69.0 Å². The molecule has 2 fully saturated rings. The summed E-state index contributed by atoms with van der Waals surface area (Å²) in [6.07, 6.45) is 7.85. The van der Waals surface area contributed by atoms with Gasteiger partial charge < -0.3 is 20.1 Å². The number of benzene rings is 2. The first-order valence-corrected chi connectivity index (χ1v) is 13.0. The number of nitrogens with zero attached hydrogens (tertiary/aromatic N) is 2. The smallest absolute Gasteiger partial charge is 0.171 e. The van der Waals surface area contributed by atoms with Crippen LogP contribution in [0.1, 0.15) is 36.8 Å². The van der Waals surface area contributed by atoms with Crippen LogP contribution < -0.4 is 20.1 Å². The van der Waals surface area contributed by atoms with Crippen LogP contribution >= 0.6 is 12.2 Å². The molecule has 0 spiro atoms. The molecule has 5 rings (SSSR count). The molecular formula is C29H34N4O2S. The summed E-state index contributed by atoms with van der Waals surface area (Å²) in [4.78, 5) is 6.84. The Morgan fingerprint density at radius 1 is 1.06 bits per heavy atom. The van der Waals surface area contributed by atoms with Gasteiger partial charge in [-0.25, -0.2) is 0 Å². The fourth-order valence-electron chi connectivity index (χ4n) is 6.05. The molecule has 3 aromatic rings. The summed E-state index contributed by atoms with van der Waals surface area (Å²) in [7, 11) is 3.40. The van der Waals surface area contributed by atoms with E-state index < -0.39 is 0 Å². The summed E-state index contributed by atoms with van der Waals surface area (Å²) in [5, 5.41) is 7.53. The third kappa shape index (κ3) is 5.04. The first kappa shape index (κ1) is 24.5. The molecule has 1 aliphatic carbocycles. The Morgan fingerprint density at radius 3 is 2.64 bits per heavy atom. The first-order valence-electron chi connectivity index (χ1n) is 12.6.